The fourth-order valence-electron chi connectivity index (χ4n) is 3.88. The molecule has 2 aliphatic heterocycles. The summed E-state index contributed by atoms with van der Waals surface area (Å²) in [4.78, 5) is 28.3. The van der Waals surface area contributed by atoms with E-state index in [-0.39, 0.29) is 30.6 Å². The number of anilines is 1. The second-order valence-corrected chi connectivity index (χ2v) is 9.39. The van der Waals surface area contributed by atoms with Gasteiger partial charge in [0.25, 0.3) is 11.6 Å². The minimum absolute atomic E-state index is 0.0147. The Balaban J connectivity index is 1.48. The molecule has 0 saturated heterocycles. The second-order valence-electron chi connectivity index (χ2n) is 8.12. The highest BCUT2D eigenvalue weighted by Crippen LogP contribution is 2.37. The van der Waals surface area contributed by atoms with Gasteiger partial charge in [-0.3, -0.25) is 14.9 Å². The number of hydrogen-bond donors (Lipinski definition) is 1. The molecule has 38 heavy (non-hydrogen) atoms. The number of amides is 1. The molecule has 0 unspecified atom stereocenters. The molecule has 3 aromatic carbocycles. The van der Waals surface area contributed by atoms with Gasteiger partial charge in [-0.2, -0.15) is 5.10 Å². The highest BCUT2D eigenvalue weighted by molar-refractivity contribution is 7.07. The minimum Gasteiger partial charge on any atom is -0.482 e. The van der Waals surface area contributed by atoms with E-state index in [0.29, 0.717) is 44.1 Å². The van der Waals surface area contributed by atoms with E-state index in [2.05, 4.69) is 10.4 Å². The first kappa shape index (κ1) is 23.7. The Morgan fingerprint density at radius 2 is 1.84 bits per heavy atom. The van der Waals surface area contributed by atoms with Crippen LogP contribution in [0.5, 0.6) is 17.2 Å². The molecule has 6 rings (SSSR count). The Morgan fingerprint density at radius 1 is 1.05 bits per heavy atom. The van der Waals surface area contributed by atoms with Crippen molar-refractivity contribution in [3.8, 4) is 28.5 Å². The molecule has 0 aliphatic carbocycles. The number of benzene rings is 3. The van der Waals surface area contributed by atoms with Gasteiger partial charge in [0.2, 0.25) is 11.6 Å². The number of ether oxygens (including phenoxy) is 3. The van der Waals surface area contributed by atoms with Crippen LogP contribution in [0.4, 0.5) is 17.1 Å². The Labute approximate surface area is 223 Å². The van der Waals surface area contributed by atoms with Crippen LogP contribution in [0.25, 0.3) is 11.3 Å². The van der Waals surface area contributed by atoms with Gasteiger partial charge in [-0.15, -0.1) is 11.3 Å². The highest BCUT2D eigenvalue weighted by Gasteiger charge is 2.23. The number of hydrogen-bond acceptors (Lipinski definition) is 9. The number of thiazole rings is 1. The van der Waals surface area contributed by atoms with E-state index >= 15 is 0 Å². The van der Waals surface area contributed by atoms with E-state index in [0.717, 1.165) is 5.56 Å². The van der Waals surface area contributed by atoms with E-state index in [1.165, 1.54) is 29.7 Å². The first-order valence-electron chi connectivity index (χ1n) is 11.1. The van der Waals surface area contributed by atoms with E-state index in [1.807, 2.05) is 11.4 Å². The average Bonchev–Trinajstić information content (AvgIpc) is 3.54. The van der Waals surface area contributed by atoms with Crippen molar-refractivity contribution < 1.29 is 23.9 Å². The third-order valence-corrected chi connectivity index (χ3v) is 6.74. The average molecular weight is 550 g/mol. The van der Waals surface area contributed by atoms with Gasteiger partial charge in [0.1, 0.15) is 5.75 Å². The fourth-order valence-corrected chi connectivity index (χ4v) is 4.87. The molecule has 1 N–H and O–H groups in total. The maximum atomic E-state index is 11.8. The van der Waals surface area contributed by atoms with Crippen LogP contribution in [-0.4, -0.2) is 35.1 Å². The van der Waals surface area contributed by atoms with Gasteiger partial charge in [-0.05, 0) is 48.5 Å². The zero-order chi connectivity index (χ0) is 26.2. The molecule has 4 aromatic rings. The summed E-state index contributed by atoms with van der Waals surface area (Å²) in [6, 6.07) is 15.2. The molecule has 13 heteroatoms. The van der Waals surface area contributed by atoms with Crippen LogP contribution in [0.15, 0.2) is 70.1 Å². The van der Waals surface area contributed by atoms with Crippen molar-refractivity contribution in [1.82, 2.24) is 4.68 Å². The lowest BCUT2D eigenvalue weighted by molar-refractivity contribution is -0.385. The number of carbonyl (C=O) groups excluding carboxylic acids is 1. The van der Waals surface area contributed by atoms with Crippen LogP contribution < -0.4 is 24.3 Å². The molecule has 1 aromatic heterocycles. The van der Waals surface area contributed by atoms with Crippen LogP contribution in [-0.2, 0) is 4.79 Å². The molecule has 190 valence electrons. The second kappa shape index (κ2) is 9.65. The van der Waals surface area contributed by atoms with Crippen molar-refractivity contribution in [2.75, 3.05) is 18.7 Å². The molecular formula is C25H16ClN5O6S. The zero-order valence-electron chi connectivity index (χ0n) is 19.3. The topological polar surface area (TPSA) is 130 Å². The lowest BCUT2D eigenvalue weighted by Gasteiger charge is -2.18. The number of nitrogens with zero attached hydrogens (tertiary/aromatic N) is 4. The van der Waals surface area contributed by atoms with E-state index in [4.69, 9.17) is 30.8 Å². The minimum atomic E-state index is -0.506. The number of fused-ring (bicyclic) bond motifs is 2. The summed E-state index contributed by atoms with van der Waals surface area (Å²) in [7, 11) is 0. The smallest absolute Gasteiger partial charge is 0.282 e. The summed E-state index contributed by atoms with van der Waals surface area (Å²) < 4.78 is 17.7. The van der Waals surface area contributed by atoms with Gasteiger partial charge in [-0.1, -0.05) is 11.6 Å². The summed E-state index contributed by atoms with van der Waals surface area (Å²) >= 11 is 7.34. The molecular weight excluding hydrogens is 534 g/mol. The third-order valence-electron chi connectivity index (χ3n) is 5.68. The van der Waals surface area contributed by atoms with Crippen molar-refractivity contribution in [2.45, 2.75) is 0 Å². The summed E-state index contributed by atoms with van der Waals surface area (Å²) in [5.74, 6) is 0.999. The highest BCUT2D eigenvalue weighted by atomic mass is 35.5. The number of aromatic nitrogens is 1. The Kier molecular flexibility index (Phi) is 6.02. The number of halogens is 1. The predicted molar refractivity (Wildman–Crippen MR) is 141 cm³/mol. The van der Waals surface area contributed by atoms with Crippen LogP contribution in [0.1, 0.15) is 5.56 Å². The standard InChI is InChI=1S/C25H16ClN5O6S/c26-16-2-4-17(5-3-16)28-25-30(27-10-15-8-22-23(37-13-36-22)9-19(15)31(33)34)20(12-38-25)14-1-6-21-18(7-14)29-24(32)11-35-21/h1-10,12H,11,13H2,(H,29,32). The van der Waals surface area contributed by atoms with Crippen molar-refractivity contribution in [3.05, 3.63) is 85.5 Å². The van der Waals surface area contributed by atoms with Gasteiger partial charge >= 0.3 is 0 Å². The van der Waals surface area contributed by atoms with Crippen LogP contribution >= 0.6 is 22.9 Å². The normalized spacial score (nSPS) is 14.3. The summed E-state index contributed by atoms with van der Waals surface area (Å²) in [6.07, 6.45) is 1.38. The van der Waals surface area contributed by atoms with Crippen molar-refractivity contribution >= 4 is 52.1 Å². The molecule has 3 heterocycles. The van der Waals surface area contributed by atoms with Gasteiger partial charge in [0, 0.05) is 16.0 Å². The van der Waals surface area contributed by atoms with Gasteiger partial charge < -0.3 is 19.5 Å². The van der Waals surface area contributed by atoms with Crippen molar-refractivity contribution in [2.24, 2.45) is 10.1 Å². The summed E-state index contributed by atoms with van der Waals surface area (Å²) in [6.45, 7) is -0.0628. The number of nitrogens with one attached hydrogen (secondary N) is 1. The predicted octanol–water partition coefficient (Wildman–Crippen LogP) is 4.95. The Morgan fingerprint density at radius 3 is 2.63 bits per heavy atom. The van der Waals surface area contributed by atoms with E-state index in [9.17, 15) is 14.9 Å². The molecule has 0 fully saturated rings. The molecule has 0 atom stereocenters. The Bertz CT molecular complexity index is 1700. The lowest BCUT2D eigenvalue weighted by Crippen LogP contribution is -2.25. The molecule has 0 bridgehead atoms. The molecule has 2 aliphatic rings. The van der Waals surface area contributed by atoms with Gasteiger partial charge in [0.05, 0.1) is 39.8 Å². The first-order valence-corrected chi connectivity index (χ1v) is 12.4. The summed E-state index contributed by atoms with van der Waals surface area (Å²) in [5, 5.41) is 21.6. The van der Waals surface area contributed by atoms with Crippen LogP contribution in [0.3, 0.4) is 0 Å². The molecule has 0 spiro atoms. The fraction of sp³-hybridized carbons (Fsp3) is 0.0800. The lowest BCUT2D eigenvalue weighted by atomic mass is 10.1. The maximum absolute atomic E-state index is 11.8. The van der Waals surface area contributed by atoms with Crippen LogP contribution in [0, 0.1) is 10.1 Å². The quantitative estimate of drug-likeness (QED) is 0.213. The monoisotopic (exact) mass is 549 g/mol. The van der Waals surface area contributed by atoms with Gasteiger partial charge in [0.15, 0.2) is 18.1 Å². The number of carbonyl (C=O) groups is 1. The SMILES string of the molecule is O=C1COc2ccc(-c3csc(=Nc4ccc(Cl)cc4)n3N=Cc3cc4c(cc3[N+](=O)[O-])OCO4)cc2N1. The van der Waals surface area contributed by atoms with Gasteiger partial charge in [-0.25, -0.2) is 9.67 Å². The summed E-state index contributed by atoms with van der Waals surface area (Å²) in [5.41, 5.74) is 2.59. The van der Waals surface area contributed by atoms with Crippen molar-refractivity contribution in [3.63, 3.8) is 0 Å². The Hall–Kier alpha value is -4.68. The van der Waals surface area contributed by atoms with Crippen LogP contribution in [0.2, 0.25) is 5.02 Å². The first-order chi connectivity index (χ1) is 18.4. The molecule has 0 radical (unpaired) electrons. The maximum Gasteiger partial charge on any atom is 0.282 e. The zero-order valence-corrected chi connectivity index (χ0v) is 20.9. The number of rotatable bonds is 5. The molecule has 0 saturated carbocycles. The largest absolute Gasteiger partial charge is 0.482 e. The van der Waals surface area contributed by atoms with E-state index < -0.39 is 4.92 Å². The molecule has 1 amide bonds. The molecule has 11 nitrogen and oxygen atoms in total. The number of nitro groups is 1. The van der Waals surface area contributed by atoms with E-state index in [1.54, 1.807) is 41.1 Å². The third kappa shape index (κ3) is 4.58. The van der Waals surface area contributed by atoms with Crippen molar-refractivity contribution in [1.29, 1.82) is 0 Å². The number of nitro benzene ring substituents is 1.